The molecule has 4 N–H and O–H groups in total. The Morgan fingerprint density at radius 1 is 1.83 bits per heavy atom. The third-order valence-electron chi connectivity index (χ3n) is 1.13. The molecule has 0 spiro atoms. The molecule has 7 heteroatoms. The summed E-state index contributed by atoms with van der Waals surface area (Å²) in [4.78, 5) is 11.1. The van der Waals surface area contributed by atoms with Crippen LogP contribution in [0.15, 0.2) is 0 Å². The normalized spacial score (nSPS) is 12.5. The maximum absolute atomic E-state index is 11.1. The van der Waals surface area contributed by atoms with E-state index < -0.39 is 0 Å². The van der Waals surface area contributed by atoms with Crippen LogP contribution in [0.5, 0.6) is 0 Å². The second-order valence-corrected chi connectivity index (χ2v) is 2.42. The van der Waals surface area contributed by atoms with E-state index in [-0.39, 0.29) is 17.8 Å². The molecular formula is C5H10N6O. The van der Waals surface area contributed by atoms with Gasteiger partial charge in [0.2, 0.25) is 0 Å². The standard InChI is InChI=1S/C5H10N6O/c1-3(6)2-7-5(12)4-8-10-11-9-4/h3H,2,6H2,1H3,(H,7,12)(H,8,9,10,11). The van der Waals surface area contributed by atoms with Crippen LogP contribution in [0.1, 0.15) is 17.5 Å². The Hall–Kier alpha value is -1.50. The van der Waals surface area contributed by atoms with Gasteiger partial charge in [-0.1, -0.05) is 0 Å². The number of aromatic amines is 1. The topological polar surface area (TPSA) is 110 Å². The van der Waals surface area contributed by atoms with E-state index in [4.69, 9.17) is 5.73 Å². The highest BCUT2D eigenvalue weighted by molar-refractivity contribution is 5.89. The van der Waals surface area contributed by atoms with E-state index >= 15 is 0 Å². The minimum atomic E-state index is -0.374. The van der Waals surface area contributed by atoms with Gasteiger partial charge in [-0.25, -0.2) is 0 Å². The molecule has 7 nitrogen and oxygen atoms in total. The number of hydrogen-bond donors (Lipinski definition) is 3. The average molecular weight is 170 g/mol. The number of rotatable bonds is 3. The Kier molecular flexibility index (Phi) is 2.70. The van der Waals surface area contributed by atoms with Gasteiger partial charge in [-0.05, 0) is 12.1 Å². The lowest BCUT2D eigenvalue weighted by Gasteiger charge is -2.04. The molecule has 0 aliphatic carbocycles. The van der Waals surface area contributed by atoms with Crippen LogP contribution in [0, 0.1) is 0 Å². The maximum Gasteiger partial charge on any atom is 0.292 e. The first-order valence-corrected chi connectivity index (χ1v) is 3.47. The number of hydrogen-bond acceptors (Lipinski definition) is 5. The van der Waals surface area contributed by atoms with Crippen LogP contribution in [-0.2, 0) is 0 Å². The minimum Gasteiger partial charge on any atom is -0.348 e. The Labute approximate surface area is 68.7 Å². The van der Waals surface area contributed by atoms with Crippen molar-refractivity contribution in [2.75, 3.05) is 6.54 Å². The number of amides is 1. The molecule has 0 aliphatic heterocycles. The summed E-state index contributed by atoms with van der Waals surface area (Å²) < 4.78 is 0. The quantitative estimate of drug-likeness (QED) is 0.499. The van der Waals surface area contributed by atoms with E-state index in [2.05, 4.69) is 25.9 Å². The van der Waals surface area contributed by atoms with E-state index in [0.717, 1.165) is 0 Å². The number of aromatic nitrogens is 4. The van der Waals surface area contributed by atoms with Gasteiger partial charge in [-0.2, -0.15) is 5.21 Å². The molecular weight excluding hydrogens is 160 g/mol. The summed E-state index contributed by atoms with van der Waals surface area (Å²) in [6, 6.07) is -0.0825. The van der Waals surface area contributed by atoms with E-state index in [0.29, 0.717) is 6.54 Å². The van der Waals surface area contributed by atoms with Gasteiger partial charge in [-0.15, -0.1) is 10.2 Å². The number of carbonyl (C=O) groups excluding carboxylic acids is 1. The zero-order valence-corrected chi connectivity index (χ0v) is 6.61. The molecule has 0 aliphatic rings. The Morgan fingerprint density at radius 2 is 2.58 bits per heavy atom. The third kappa shape index (κ3) is 2.27. The van der Waals surface area contributed by atoms with Gasteiger partial charge in [0, 0.05) is 12.6 Å². The Balaban J connectivity index is 2.40. The molecule has 0 fully saturated rings. The molecule has 1 aromatic rings. The first-order valence-electron chi connectivity index (χ1n) is 3.47. The van der Waals surface area contributed by atoms with Crippen LogP contribution in [0.25, 0.3) is 0 Å². The molecule has 0 saturated carbocycles. The highest BCUT2D eigenvalue weighted by Gasteiger charge is 2.09. The van der Waals surface area contributed by atoms with Gasteiger partial charge in [0.1, 0.15) is 0 Å². The van der Waals surface area contributed by atoms with Gasteiger partial charge in [0.25, 0.3) is 11.7 Å². The number of nitrogens with one attached hydrogen (secondary N) is 2. The van der Waals surface area contributed by atoms with Crippen molar-refractivity contribution in [1.82, 2.24) is 25.9 Å². The van der Waals surface area contributed by atoms with Gasteiger partial charge in [0.15, 0.2) is 0 Å². The number of carbonyl (C=O) groups is 1. The molecule has 1 atom stereocenters. The second-order valence-electron chi connectivity index (χ2n) is 2.42. The summed E-state index contributed by atoms with van der Waals surface area (Å²) in [7, 11) is 0. The van der Waals surface area contributed by atoms with Crippen LogP contribution < -0.4 is 11.1 Å². The molecule has 66 valence electrons. The van der Waals surface area contributed by atoms with Gasteiger partial charge in [0.05, 0.1) is 0 Å². The van der Waals surface area contributed by atoms with Crippen molar-refractivity contribution < 1.29 is 4.79 Å². The molecule has 0 radical (unpaired) electrons. The molecule has 1 unspecified atom stereocenters. The predicted molar refractivity (Wildman–Crippen MR) is 40.2 cm³/mol. The van der Waals surface area contributed by atoms with Crippen molar-refractivity contribution in [2.45, 2.75) is 13.0 Å². The highest BCUT2D eigenvalue weighted by atomic mass is 16.2. The smallest absolute Gasteiger partial charge is 0.292 e. The summed E-state index contributed by atoms with van der Waals surface area (Å²) in [5, 5.41) is 14.9. The number of H-pyrrole nitrogens is 1. The number of tetrazole rings is 1. The van der Waals surface area contributed by atoms with E-state index in [1.54, 1.807) is 6.92 Å². The van der Waals surface area contributed by atoms with Crippen molar-refractivity contribution in [3.05, 3.63) is 5.82 Å². The first kappa shape index (κ1) is 8.60. The fourth-order valence-corrected chi connectivity index (χ4v) is 0.591. The first-order chi connectivity index (χ1) is 5.70. The van der Waals surface area contributed by atoms with Crippen molar-refractivity contribution >= 4 is 5.91 Å². The zero-order valence-electron chi connectivity index (χ0n) is 6.61. The van der Waals surface area contributed by atoms with E-state index in [9.17, 15) is 4.79 Å². The lowest BCUT2D eigenvalue weighted by Crippen LogP contribution is -2.35. The summed E-state index contributed by atoms with van der Waals surface area (Å²) in [6.45, 7) is 2.18. The van der Waals surface area contributed by atoms with Gasteiger partial charge in [-0.3, -0.25) is 4.79 Å². The summed E-state index contributed by atoms with van der Waals surface area (Å²) in [5.41, 5.74) is 5.42. The fraction of sp³-hybridized carbons (Fsp3) is 0.600. The third-order valence-corrected chi connectivity index (χ3v) is 1.13. The number of nitrogens with zero attached hydrogens (tertiary/aromatic N) is 3. The molecule has 0 saturated heterocycles. The Morgan fingerprint density at radius 3 is 3.08 bits per heavy atom. The molecule has 0 aromatic carbocycles. The summed E-state index contributed by atoms with van der Waals surface area (Å²) in [6.07, 6.45) is 0. The second kappa shape index (κ2) is 3.77. The fourth-order valence-electron chi connectivity index (χ4n) is 0.591. The average Bonchev–Trinajstić information content (AvgIpc) is 2.51. The van der Waals surface area contributed by atoms with Gasteiger partial charge >= 0.3 is 0 Å². The largest absolute Gasteiger partial charge is 0.348 e. The highest BCUT2D eigenvalue weighted by Crippen LogP contribution is 1.82. The lowest BCUT2D eigenvalue weighted by molar-refractivity contribution is 0.0941. The summed E-state index contributed by atoms with van der Waals surface area (Å²) in [5.74, 6) is -0.350. The van der Waals surface area contributed by atoms with Crippen LogP contribution in [0.4, 0.5) is 0 Å². The molecule has 12 heavy (non-hydrogen) atoms. The summed E-state index contributed by atoms with van der Waals surface area (Å²) >= 11 is 0. The van der Waals surface area contributed by atoms with E-state index in [1.165, 1.54) is 0 Å². The lowest BCUT2D eigenvalue weighted by atomic mass is 10.3. The van der Waals surface area contributed by atoms with Crippen LogP contribution in [0.2, 0.25) is 0 Å². The van der Waals surface area contributed by atoms with Crippen molar-refractivity contribution in [1.29, 1.82) is 0 Å². The Bertz CT molecular complexity index is 242. The molecule has 0 bridgehead atoms. The molecule has 1 rings (SSSR count). The van der Waals surface area contributed by atoms with Gasteiger partial charge < -0.3 is 11.1 Å². The molecule has 1 aromatic heterocycles. The SMILES string of the molecule is CC(N)CNC(=O)c1nn[nH]n1. The predicted octanol–water partition coefficient (Wildman–Crippen LogP) is -1.72. The van der Waals surface area contributed by atoms with Crippen LogP contribution in [-0.4, -0.2) is 39.1 Å². The van der Waals surface area contributed by atoms with Crippen LogP contribution in [0.3, 0.4) is 0 Å². The number of nitrogens with two attached hydrogens (primary N) is 1. The van der Waals surface area contributed by atoms with Crippen molar-refractivity contribution in [3.8, 4) is 0 Å². The zero-order chi connectivity index (χ0) is 8.97. The maximum atomic E-state index is 11.1. The van der Waals surface area contributed by atoms with E-state index in [1.807, 2.05) is 0 Å². The monoisotopic (exact) mass is 170 g/mol. The van der Waals surface area contributed by atoms with Crippen molar-refractivity contribution in [2.24, 2.45) is 5.73 Å². The minimum absolute atomic E-state index is 0.0238. The van der Waals surface area contributed by atoms with Crippen molar-refractivity contribution in [3.63, 3.8) is 0 Å². The molecule has 1 heterocycles. The van der Waals surface area contributed by atoms with Crippen LogP contribution >= 0.6 is 0 Å². The molecule has 1 amide bonds.